The van der Waals surface area contributed by atoms with Crippen LogP contribution >= 0.6 is 0 Å². The summed E-state index contributed by atoms with van der Waals surface area (Å²) in [4.78, 5) is 4.38. The van der Waals surface area contributed by atoms with Crippen molar-refractivity contribution in [2.75, 3.05) is 7.11 Å². The molecule has 1 aliphatic carbocycles. The van der Waals surface area contributed by atoms with E-state index < -0.39 is 0 Å². The Morgan fingerprint density at radius 3 is 3.00 bits per heavy atom. The first-order valence-electron chi connectivity index (χ1n) is 5.82. The van der Waals surface area contributed by atoms with Gasteiger partial charge in [0.25, 0.3) is 0 Å². The highest BCUT2D eigenvalue weighted by atomic mass is 16.5. The number of aromatic nitrogens is 2. The van der Waals surface area contributed by atoms with Crippen LogP contribution in [0.1, 0.15) is 56.3 Å². The normalized spacial score (nSPS) is 27.9. The van der Waals surface area contributed by atoms with Crippen LogP contribution in [0.4, 0.5) is 0 Å². The predicted molar refractivity (Wildman–Crippen MR) is 58.9 cm³/mol. The monoisotopic (exact) mass is 225 g/mol. The van der Waals surface area contributed by atoms with Gasteiger partial charge in [-0.15, -0.1) is 0 Å². The van der Waals surface area contributed by atoms with Crippen LogP contribution < -0.4 is 5.73 Å². The van der Waals surface area contributed by atoms with E-state index in [1.807, 2.05) is 6.92 Å². The lowest BCUT2D eigenvalue weighted by molar-refractivity contribution is 0.109. The van der Waals surface area contributed by atoms with Crippen molar-refractivity contribution >= 4 is 0 Å². The Bertz CT molecular complexity index is 340. The lowest BCUT2D eigenvalue weighted by Crippen LogP contribution is -2.27. The maximum atomic E-state index is 5.94. The molecule has 0 bridgehead atoms. The molecular formula is C11H19N3O2. The lowest BCUT2D eigenvalue weighted by Gasteiger charge is -2.23. The molecule has 1 fully saturated rings. The fraction of sp³-hybridized carbons (Fsp3) is 0.818. The molecule has 0 amide bonds. The van der Waals surface area contributed by atoms with E-state index in [4.69, 9.17) is 15.0 Å². The Labute approximate surface area is 95.3 Å². The third-order valence-electron chi connectivity index (χ3n) is 3.24. The Morgan fingerprint density at radius 2 is 2.31 bits per heavy atom. The molecule has 0 aromatic carbocycles. The summed E-state index contributed by atoms with van der Waals surface area (Å²) in [6.45, 7) is 1.90. The van der Waals surface area contributed by atoms with E-state index >= 15 is 0 Å². The molecule has 2 rings (SSSR count). The zero-order valence-electron chi connectivity index (χ0n) is 9.85. The summed E-state index contributed by atoms with van der Waals surface area (Å²) < 4.78 is 10.4. The van der Waals surface area contributed by atoms with Crippen molar-refractivity contribution in [1.29, 1.82) is 0 Å². The zero-order chi connectivity index (χ0) is 11.5. The molecule has 1 heterocycles. The van der Waals surface area contributed by atoms with Gasteiger partial charge in [0.15, 0.2) is 5.82 Å². The van der Waals surface area contributed by atoms with Crippen molar-refractivity contribution in [3.8, 4) is 0 Å². The SMILES string of the molecule is COC(C)c1noc(C2CCCC(N)C2)n1. The van der Waals surface area contributed by atoms with Crippen LogP contribution in [0.3, 0.4) is 0 Å². The minimum atomic E-state index is -0.116. The van der Waals surface area contributed by atoms with Crippen LogP contribution in [-0.2, 0) is 4.74 Å². The topological polar surface area (TPSA) is 74.2 Å². The summed E-state index contributed by atoms with van der Waals surface area (Å²) in [6.07, 6.45) is 4.17. The van der Waals surface area contributed by atoms with Crippen LogP contribution in [0.15, 0.2) is 4.52 Å². The summed E-state index contributed by atoms with van der Waals surface area (Å²) >= 11 is 0. The van der Waals surface area contributed by atoms with Crippen molar-refractivity contribution < 1.29 is 9.26 Å². The molecule has 1 aromatic rings. The van der Waals surface area contributed by atoms with Gasteiger partial charge < -0.3 is 15.0 Å². The molecular weight excluding hydrogens is 206 g/mol. The number of hydrogen-bond donors (Lipinski definition) is 1. The molecule has 5 heteroatoms. The highest BCUT2D eigenvalue weighted by molar-refractivity contribution is 4.98. The summed E-state index contributed by atoms with van der Waals surface area (Å²) in [5.74, 6) is 1.67. The van der Waals surface area contributed by atoms with Crippen molar-refractivity contribution in [2.24, 2.45) is 5.73 Å². The number of rotatable bonds is 3. The Kier molecular flexibility index (Phi) is 3.56. The fourth-order valence-corrected chi connectivity index (χ4v) is 2.14. The summed E-state index contributed by atoms with van der Waals surface area (Å²) in [5, 5.41) is 3.94. The van der Waals surface area contributed by atoms with Gasteiger partial charge in [0.1, 0.15) is 6.10 Å². The smallest absolute Gasteiger partial charge is 0.229 e. The van der Waals surface area contributed by atoms with Gasteiger partial charge in [-0.2, -0.15) is 4.98 Å². The van der Waals surface area contributed by atoms with Crippen molar-refractivity contribution in [2.45, 2.75) is 50.7 Å². The van der Waals surface area contributed by atoms with Gasteiger partial charge in [-0.3, -0.25) is 0 Å². The number of methoxy groups -OCH3 is 1. The standard InChI is InChI=1S/C11H19N3O2/c1-7(15-2)10-13-11(16-14-10)8-4-3-5-9(12)6-8/h7-9H,3-6,12H2,1-2H3. The Balaban J connectivity index is 2.06. The highest BCUT2D eigenvalue weighted by Crippen LogP contribution is 2.31. The van der Waals surface area contributed by atoms with E-state index in [1.54, 1.807) is 7.11 Å². The maximum Gasteiger partial charge on any atom is 0.229 e. The third kappa shape index (κ3) is 2.41. The molecule has 90 valence electrons. The lowest BCUT2D eigenvalue weighted by atomic mass is 9.86. The van der Waals surface area contributed by atoms with Crippen LogP contribution in [0.25, 0.3) is 0 Å². The molecule has 1 saturated carbocycles. The van der Waals surface area contributed by atoms with Gasteiger partial charge in [0.2, 0.25) is 5.89 Å². The van der Waals surface area contributed by atoms with Crippen LogP contribution in [-0.4, -0.2) is 23.3 Å². The van der Waals surface area contributed by atoms with Crippen molar-refractivity contribution in [3.05, 3.63) is 11.7 Å². The molecule has 1 aliphatic rings. The van der Waals surface area contributed by atoms with E-state index in [0.717, 1.165) is 25.7 Å². The molecule has 16 heavy (non-hydrogen) atoms. The van der Waals surface area contributed by atoms with Gasteiger partial charge in [-0.1, -0.05) is 11.6 Å². The Hall–Kier alpha value is -0.940. The molecule has 2 N–H and O–H groups in total. The zero-order valence-corrected chi connectivity index (χ0v) is 9.85. The largest absolute Gasteiger partial charge is 0.374 e. The number of hydrogen-bond acceptors (Lipinski definition) is 5. The molecule has 1 aromatic heterocycles. The van der Waals surface area contributed by atoms with Gasteiger partial charge in [0, 0.05) is 19.1 Å². The average molecular weight is 225 g/mol. The minimum Gasteiger partial charge on any atom is -0.374 e. The van der Waals surface area contributed by atoms with Gasteiger partial charge in [0.05, 0.1) is 0 Å². The van der Waals surface area contributed by atoms with E-state index in [2.05, 4.69) is 10.1 Å². The second-order valence-electron chi connectivity index (χ2n) is 4.49. The molecule has 0 saturated heterocycles. The predicted octanol–water partition coefficient (Wildman–Crippen LogP) is 1.76. The quantitative estimate of drug-likeness (QED) is 0.848. The summed E-state index contributed by atoms with van der Waals surface area (Å²) in [5.41, 5.74) is 5.94. The highest BCUT2D eigenvalue weighted by Gasteiger charge is 2.26. The molecule has 0 spiro atoms. The average Bonchev–Trinajstić information content (AvgIpc) is 2.77. The third-order valence-corrected chi connectivity index (χ3v) is 3.24. The number of nitrogens with zero attached hydrogens (tertiary/aromatic N) is 2. The van der Waals surface area contributed by atoms with Crippen molar-refractivity contribution in [1.82, 2.24) is 10.1 Å². The molecule has 0 aliphatic heterocycles. The van der Waals surface area contributed by atoms with E-state index in [-0.39, 0.29) is 12.1 Å². The summed E-state index contributed by atoms with van der Waals surface area (Å²) in [7, 11) is 1.64. The Morgan fingerprint density at radius 1 is 1.50 bits per heavy atom. The van der Waals surface area contributed by atoms with Crippen LogP contribution in [0, 0.1) is 0 Å². The van der Waals surface area contributed by atoms with Crippen molar-refractivity contribution in [3.63, 3.8) is 0 Å². The number of nitrogens with two attached hydrogens (primary N) is 1. The van der Waals surface area contributed by atoms with Crippen LogP contribution in [0.2, 0.25) is 0 Å². The fourth-order valence-electron chi connectivity index (χ4n) is 2.14. The second kappa shape index (κ2) is 4.93. The molecule has 5 nitrogen and oxygen atoms in total. The second-order valence-corrected chi connectivity index (χ2v) is 4.49. The molecule has 3 atom stereocenters. The van der Waals surface area contributed by atoms with Gasteiger partial charge >= 0.3 is 0 Å². The van der Waals surface area contributed by atoms with E-state index in [1.165, 1.54) is 0 Å². The first-order valence-corrected chi connectivity index (χ1v) is 5.82. The summed E-state index contributed by atoms with van der Waals surface area (Å²) in [6, 6.07) is 0.272. The minimum absolute atomic E-state index is 0.116. The van der Waals surface area contributed by atoms with Gasteiger partial charge in [-0.25, -0.2) is 0 Å². The first-order chi connectivity index (χ1) is 7.70. The first kappa shape index (κ1) is 11.5. The number of ether oxygens (including phenoxy) is 1. The van der Waals surface area contributed by atoms with E-state index in [0.29, 0.717) is 17.6 Å². The van der Waals surface area contributed by atoms with Crippen LogP contribution in [0.5, 0.6) is 0 Å². The van der Waals surface area contributed by atoms with Gasteiger partial charge in [-0.05, 0) is 26.2 Å². The maximum absolute atomic E-state index is 5.94. The molecule has 0 radical (unpaired) electrons. The molecule has 3 unspecified atom stereocenters. The van der Waals surface area contributed by atoms with E-state index in [9.17, 15) is 0 Å².